The summed E-state index contributed by atoms with van der Waals surface area (Å²) in [6.07, 6.45) is 3.61. The van der Waals surface area contributed by atoms with Crippen LogP contribution in [0.5, 0.6) is 0 Å². The first-order valence-electron chi connectivity index (χ1n) is 4.30. The Morgan fingerprint density at radius 1 is 1.00 bits per heavy atom. The Morgan fingerprint density at radius 3 is 2.50 bits per heavy atom. The van der Waals surface area contributed by atoms with Crippen LogP contribution in [-0.4, -0.2) is 11.3 Å². The molecule has 0 N–H and O–H groups in total. The number of carbonyl (C=O) groups excluding carboxylic acids is 1. The molecule has 2 aromatic rings. The number of aromatic nitrogens is 1. The third-order valence-electron chi connectivity index (χ3n) is 1.98. The van der Waals surface area contributed by atoms with E-state index in [4.69, 9.17) is 0 Å². The highest BCUT2D eigenvalue weighted by Gasteiger charge is 2.03. The molecular formula is C12H8NO. The molecule has 0 aliphatic rings. The molecule has 0 bridgehead atoms. The lowest BCUT2D eigenvalue weighted by Gasteiger charge is -2.01. The molecule has 0 spiro atoms. The standard InChI is InChI=1S/C12H8NO/c14-9-10-5-1-2-6-11(10)12-7-3-4-8-13-12/h1-8H. The normalized spacial score (nSPS) is 9.71. The van der Waals surface area contributed by atoms with Gasteiger partial charge in [-0.1, -0.05) is 30.3 Å². The van der Waals surface area contributed by atoms with E-state index < -0.39 is 0 Å². The van der Waals surface area contributed by atoms with Gasteiger partial charge in [-0.3, -0.25) is 9.78 Å². The zero-order chi connectivity index (χ0) is 9.80. The summed E-state index contributed by atoms with van der Waals surface area (Å²) in [6.45, 7) is 0. The van der Waals surface area contributed by atoms with Crippen molar-refractivity contribution in [1.29, 1.82) is 0 Å². The molecule has 2 nitrogen and oxygen atoms in total. The first-order valence-corrected chi connectivity index (χ1v) is 4.30. The number of hydrogen-bond donors (Lipinski definition) is 0. The maximum atomic E-state index is 10.6. The van der Waals surface area contributed by atoms with Crippen molar-refractivity contribution in [2.75, 3.05) is 0 Å². The van der Waals surface area contributed by atoms with Crippen molar-refractivity contribution in [3.8, 4) is 11.3 Å². The highest BCUT2D eigenvalue weighted by atomic mass is 16.1. The van der Waals surface area contributed by atoms with E-state index in [1.54, 1.807) is 12.3 Å². The Bertz CT molecular complexity index is 437. The third kappa shape index (κ3) is 1.55. The Labute approximate surface area is 82.2 Å². The van der Waals surface area contributed by atoms with Gasteiger partial charge in [-0.25, -0.2) is 0 Å². The quantitative estimate of drug-likeness (QED) is 0.712. The van der Waals surface area contributed by atoms with Gasteiger partial charge in [0.1, 0.15) is 0 Å². The molecule has 2 heteroatoms. The van der Waals surface area contributed by atoms with Gasteiger partial charge in [-0.2, -0.15) is 0 Å². The zero-order valence-electron chi connectivity index (χ0n) is 7.47. The van der Waals surface area contributed by atoms with Crippen molar-refractivity contribution < 1.29 is 4.79 Å². The minimum atomic E-state index is 0.547. The maximum Gasteiger partial charge on any atom is 0.234 e. The summed E-state index contributed by atoms with van der Waals surface area (Å²) < 4.78 is 0. The molecule has 1 radical (unpaired) electrons. The predicted octanol–water partition coefficient (Wildman–Crippen LogP) is 2.21. The molecule has 1 aromatic heterocycles. The fourth-order valence-electron chi connectivity index (χ4n) is 1.32. The van der Waals surface area contributed by atoms with Gasteiger partial charge < -0.3 is 0 Å². The van der Waals surface area contributed by atoms with Crippen molar-refractivity contribution in [2.45, 2.75) is 0 Å². The Balaban J connectivity index is 2.57. The van der Waals surface area contributed by atoms with E-state index in [0.29, 0.717) is 5.56 Å². The molecule has 1 aromatic carbocycles. The number of hydrogen-bond acceptors (Lipinski definition) is 2. The van der Waals surface area contributed by atoms with Crippen molar-refractivity contribution in [2.24, 2.45) is 0 Å². The topological polar surface area (TPSA) is 30.0 Å². The van der Waals surface area contributed by atoms with Crippen LogP contribution in [-0.2, 0) is 4.79 Å². The first-order chi connectivity index (χ1) is 6.92. The second kappa shape index (κ2) is 3.83. The van der Waals surface area contributed by atoms with Crippen LogP contribution in [0.4, 0.5) is 0 Å². The van der Waals surface area contributed by atoms with E-state index >= 15 is 0 Å². The molecule has 2 rings (SSSR count). The summed E-state index contributed by atoms with van der Waals surface area (Å²) in [7, 11) is 0. The van der Waals surface area contributed by atoms with E-state index in [1.165, 1.54) is 0 Å². The molecule has 0 aliphatic carbocycles. The fraction of sp³-hybridized carbons (Fsp3) is 0. The van der Waals surface area contributed by atoms with Crippen molar-refractivity contribution in [3.63, 3.8) is 0 Å². The molecule has 0 saturated heterocycles. The van der Waals surface area contributed by atoms with Gasteiger partial charge in [-0.05, 0) is 12.1 Å². The Morgan fingerprint density at radius 2 is 1.79 bits per heavy atom. The van der Waals surface area contributed by atoms with Crippen molar-refractivity contribution in [1.82, 2.24) is 4.98 Å². The van der Waals surface area contributed by atoms with E-state index in [9.17, 15) is 4.79 Å². The molecule has 14 heavy (non-hydrogen) atoms. The van der Waals surface area contributed by atoms with Crippen LogP contribution in [0.1, 0.15) is 5.56 Å². The van der Waals surface area contributed by atoms with Crippen LogP contribution in [0, 0.1) is 0 Å². The van der Waals surface area contributed by atoms with Gasteiger partial charge in [0, 0.05) is 17.3 Å². The summed E-state index contributed by atoms with van der Waals surface area (Å²) in [5.74, 6) is 0. The molecule has 0 unspecified atom stereocenters. The van der Waals surface area contributed by atoms with Crippen molar-refractivity contribution >= 4 is 6.29 Å². The second-order valence-electron chi connectivity index (χ2n) is 2.86. The number of nitrogens with zero attached hydrogens (tertiary/aromatic N) is 1. The lowest BCUT2D eigenvalue weighted by molar-refractivity contribution is 0.563. The largest absolute Gasteiger partial charge is 0.285 e. The predicted molar refractivity (Wildman–Crippen MR) is 54.5 cm³/mol. The molecule has 1 heterocycles. The number of pyridine rings is 1. The minimum absolute atomic E-state index is 0.547. The summed E-state index contributed by atoms with van der Waals surface area (Å²) in [4.78, 5) is 14.8. The van der Waals surface area contributed by atoms with Gasteiger partial charge in [0.2, 0.25) is 6.29 Å². The lowest BCUT2D eigenvalue weighted by Crippen LogP contribution is -1.88. The summed E-state index contributed by atoms with van der Waals surface area (Å²) in [6, 6.07) is 12.9. The van der Waals surface area contributed by atoms with Crippen molar-refractivity contribution in [3.05, 3.63) is 54.2 Å². The van der Waals surface area contributed by atoms with Gasteiger partial charge in [0.25, 0.3) is 0 Å². The lowest BCUT2D eigenvalue weighted by atomic mass is 10.1. The van der Waals surface area contributed by atoms with Crippen LogP contribution < -0.4 is 0 Å². The number of rotatable bonds is 2. The average molecular weight is 182 g/mol. The molecule has 0 fully saturated rings. The molecule has 0 amide bonds. The molecule has 0 atom stereocenters. The smallest absolute Gasteiger partial charge is 0.234 e. The summed E-state index contributed by atoms with van der Waals surface area (Å²) >= 11 is 0. The van der Waals surface area contributed by atoms with Gasteiger partial charge >= 0.3 is 0 Å². The Kier molecular flexibility index (Phi) is 2.36. The second-order valence-corrected chi connectivity index (χ2v) is 2.86. The molecule has 67 valence electrons. The molecule has 0 aliphatic heterocycles. The first kappa shape index (κ1) is 8.63. The monoisotopic (exact) mass is 182 g/mol. The number of benzene rings is 1. The summed E-state index contributed by atoms with van der Waals surface area (Å²) in [5, 5.41) is 0. The zero-order valence-corrected chi connectivity index (χ0v) is 7.47. The third-order valence-corrected chi connectivity index (χ3v) is 1.98. The van der Waals surface area contributed by atoms with Crippen LogP contribution in [0.2, 0.25) is 0 Å². The van der Waals surface area contributed by atoms with E-state index in [2.05, 4.69) is 4.98 Å². The highest BCUT2D eigenvalue weighted by molar-refractivity contribution is 5.86. The van der Waals surface area contributed by atoms with E-state index in [-0.39, 0.29) is 0 Å². The fourth-order valence-corrected chi connectivity index (χ4v) is 1.32. The van der Waals surface area contributed by atoms with Gasteiger partial charge in [0.15, 0.2) is 0 Å². The van der Waals surface area contributed by atoms with E-state index in [1.807, 2.05) is 42.7 Å². The van der Waals surface area contributed by atoms with Gasteiger partial charge in [0.05, 0.1) is 5.69 Å². The maximum absolute atomic E-state index is 10.6. The minimum Gasteiger partial charge on any atom is -0.285 e. The SMILES string of the molecule is O=[C]c1ccccc1-c1ccccn1. The van der Waals surface area contributed by atoms with Crippen LogP contribution >= 0.6 is 0 Å². The molecule has 0 saturated carbocycles. The van der Waals surface area contributed by atoms with Crippen LogP contribution in [0.25, 0.3) is 11.3 Å². The van der Waals surface area contributed by atoms with Crippen LogP contribution in [0.15, 0.2) is 48.7 Å². The van der Waals surface area contributed by atoms with Gasteiger partial charge in [-0.15, -0.1) is 0 Å². The average Bonchev–Trinajstić information content (AvgIpc) is 2.30. The summed E-state index contributed by atoms with van der Waals surface area (Å²) in [5.41, 5.74) is 2.17. The van der Waals surface area contributed by atoms with Crippen LogP contribution in [0.3, 0.4) is 0 Å². The molecular weight excluding hydrogens is 174 g/mol. The Hall–Kier alpha value is -1.96. The highest BCUT2D eigenvalue weighted by Crippen LogP contribution is 2.19. The van der Waals surface area contributed by atoms with E-state index in [0.717, 1.165) is 11.3 Å².